The third kappa shape index (κ3) is 8.07. The number of fused-ring (bicyclic) bond motifs is 1. The number of ether oxygens (including phenoxy) is 1. The second kappa shape index (κ2) is 15.6. The molecule has 0 saturated carbocycles. The van der Waals surface area contributed by atoms with E-state index in [1.54, 1.807) is 11.0 Å². The molecule has 4 amide bonds. The van der Waals surface area contributed by atoms with Gasteiger partial charge in [-0.2, -0.15) is 0 Å². The Bertz CT molecular complexity index is 1530. The lowest BCUT2D eigenvalue weighted by Crippen LogP contribution is -2.54. The SMILES string of the molecule is [B]c1cc(C[C@@H](OC(=O)N2CCC(N3CCc4ccccc4NC3=O)CC2)C(=O)N2CCC(N3CCC(O)(CC)CC3)CC2)cc(CC)c1O. The number of urea groups is 1. The van der Waals surface area contributed by atoms with Gasteiger partial charge in [-0.25, -0.2) is 9.59 Å². The molecule has 4 aliphatic heterocycles. The summed E-state index contributed by atoms with van der Waals surface area (Å²) in [4.78, 5) is 48.7. The van der Waals surface area contributed by atoms with Crippen molar-refractivity contribution in [2.75, 3.05) is 51.1 Å². The van der Waals surface area contributed by atoms with Crippen LogP contribution in [0, 0.1) is 0 Å². The second-order valence-electron chi connectivity index (χ2n) is 14.5. The number of benzene rings is 2. The maximum absolute atomic E-state index is 14.1. The van der Waals surface area contributed by atoms with Gasteiger partial charge in [-0.1, -0.05) is 49.6 Å². The van der Waals surface area contributed by atoms with Crippen molar-refractivity contribution < 1.29 is 29.3 Å². The summed E-state index contributed by atoms with van der Waals surface area (Å²) in [5.41, 5.74) is 3.03. The Morgan fingerprint density at radius 2 is 1.62 bits per heavy atom. The normalized spacial score (nSPS) is 21.3. The molecule has 1 atom stereocenters. The van der Waals surface area contributed by atoms with E-state index in [9.17, 15) is 24.6 Å². The molecule has 4 heterocycles. The number of phenols is 1. The standard InChI is InChI=1S/C38H52BN5O6/c1-3-27-23-26(24-31(39)34(27)45)25-33(35(46)42-16-10-29(11-17-42)41-21-14-38(49,4-2)15-22-41)50-37(48)43-18-12-30(13-19-43)44-20-9-28-7-5-6-8-32(28)40-36(44)47/h5-8,23-24,29-30,33,45,49H,3-4,9-22,25H2,1-2H3,(H,40,47)/t33-/m1/s1. The first-order chi connectivity index (χ1) is 24.1. The number of carbonyl (C=O) groups excluding carboxylic acids is 3. The van der Waals surface area contributed by atoms with Crippen LogP contribution < -0.4 is 10.8 Å². The van der Waals surface area contributed by atoms with Gasteiger partial charge in [0.1, 0.15) is 13.6 Å². The summed E-state index contributed by atoms with van der Waals surface area (Å²) in [6, 6.07) is 11.6. The van der Waals surface area contributed by atoms with E-state index in [2.05, 4.69) is 10.2 Å². The largest absolute Gasteiger partial charge is 0.508 e. The number of hydrogen-bond donors (Lipinski definition) is 3. The number of aliphatic hydroxyl groups is 1. The maximum atomic E-state index is 14.1. The minimum absolute atomic E-state index is 0.00445. The Hall–Kier alpha value is -3.77. The maximum Gasteiger partial charge on any atom is 0.410 e. The lowest BCUT2D eigenvalue weighted by molar-refractivity contribution is -0.142. The molecule has 268 valence electrons. The highest BCUT2D eigenvalue weighted by Gasteiger charge is 2.38. The fourth-order valence-electron chi connectivity index (χ4n) is 8.18. The van der Waals surface area contributed by atoms with Crippen LogP contribution in [-0.4, -0.2) is 125 Å². The number of hydrogen-bond acceptors (Lipinski definition) is 7. The molecule has 12 heteroatoms. The third-order valence-corrected chi connectivity index (χ3v) is 11.6. The summed E-state index contributed by atoms with van der Waals surface area (Å²) in [6.07, 6.45) is 5.09. The highest BCUT2D eigenvalue weighted by molar-refractivity contribution is 6.34. The number of likely N-dealkylation sites (tertiary alicyclic amines) is 3. The zero-order valence-corrected chi connectivity index (χ0v) is 29.6. The number of piperidine rings is 3. The Balaban J connectivity index is 1.09. The van der Waals surface area contributed by atoms with Crippen LogP contribution in [0.25, 0.3) is 0 Å². The summed E-state index contributed by atoms with van der Waals surface area (Å²) < 4.78 is 6.06. The Kier molecular flexibility index (Phi) is 11.3. The van der Waals surface area contributed by atoms with E-state index in [0.717, 1.165) is 68.4 Å². The Labute approximate surface area is 297 Å². The van der Waals surface area contributed by atoms with Gasteiger partial charge in [0.2, 0.25) is 0 Å². The van der Waals surface area contributed by atoms with Gasteiger partial charge in [-0.05, 0) is 80.5 Å². The highest BCUT2D eigenvalue weighted by Crippen LogP contribution is 2.30. The number of aromatic hydroxyl groups is 1. The molecule has 0 bridgehead atoms. The number of rotatable bonds is 8. The molecule has 3 fully saturated rings. The van der Waals surface area contributed by atoms with Gasteiger partial charge < -0.3 is 39.9 Å². The lowest BCUT2D eigenvalue weighted by Gasteiger charge is -2.44. The first-order valence-corrected chi connectivity index (χ1v) is 18.5. The molecule has 50 heavy (non-hydrogen) atoms. The molecule has 0 aromatic heterocycles. The molecule has 2 aromatic carbocycles. The number of nitrogens with one attached hydrogen (secondary N) is 1. The van der Waals surface area contributed by atoms with Crippen LogP contribution in [0.4, 0.5) is 15.3 Å². The smallest absolute Gasteiger partial charge is 0.410 e. The van der Waals surface area contributed by atoms with Crippen LogP contribution in [0.3, 0.4) is 0 Å². The molecular weight excluding hydrogens is 633 g/mol. The van der Waals surface area contributed by atoms with Crippen molar-refractivity contribution in [3.63, 3.8) is 0 Å². The molecule has 4 aliphatic rings. The number of para-hydroxylation sites is 1. The first kappa shape index (κ1) is 36.0. The van der Waals surface area contributed by atoms with E-state index < -0.39 is 17.8 Å². The zero-order valence-electron chi connectivity index (χ0n) is 29.6. The van der Waals surface area contributed by atoms with Gasteiger partial charge in [0.05, 0.1) is 5.60 Å². The van der Waals surface area contributed by atoms with Crippen LogP contribution in [0.15, 0.2) is 36.4 Å². The fourth-order valence-corrected chi connectivity index (χ4v) is 8.18. The molecular formula is C38H52BN5O6. The molecule has 2 aromatic rings. The van der Waals surface area contributed by atoms with E-state index in [-0.39, 0.29) is 35.6 Å². The van der Waals surface area contributed by atoms with Crippen LogP contribution in [0.1, 0.15) is 75.5 Å². The molecule has 3 saturated heterocycles. The Morgan fingerprint density at radius 1 is 0.960 bits per heavy atom. The van der Waals surface area contributed by atoms with Crippen molar-refractivity contribution in [2.45, 2.75) is 102 Å². The van der Waals surface area contributed by atoms with Gasteiger partial charge >= 0.3 is 12.1 Å². The number of anilines is 1. The van der Waals surface area contributed by atoms with Gasteiger partial charge in [0, 0.05) is 70.0 Å². The van der Waals surface area contributed by atoms with Crippen molar-refractivity contribution in [3.05, 3.63) is 53.1 Å². The molecule has 0 spiro atoms. The van der Waals surface area contributed by atoms with Crippen molar-refractivity contribution in [1.82, 2.24) is 19.6 Å². The van der Waals surface area contributed by atoms with Gasteiger partial charge in [-0.15, -0.1) is 0 Å². The number of aryl methyl sites for hydroxylation is 1. The van der Waals surface area contributed by atoms with Gasteiger partial charge in [0.15, 0.2) is 6.10 Å². The number of carbonyl (C=O) groups is 3. The van der Waals surface area contributed by atoms with Gasteiger partial charge in [0.25, 0.3) is 5.91 Å². The summed E-state index contributed by atoms with van der Waals surface area (Å²) in [6.45, 7) is 8.26. The average Bonchev–Trinajstić information content (AvgIpc) is 3.30. The molecule has 6 rings (SSSR count). The fraction of sp³-hybridized carbons (Fsp3) is 0.605. The predicted octanol–water partition coefficient (Wildman–Crippen LogP) is 3.58. The van der Waals surface area contributed by atoms with E-state index in [1.807, 2.05) is 54.0 Å². The predicted molar refractivity (Wildman–Crippen MR) is 193 cm³/mol. The van der Waals surface area contributed by atoms with Crippen molar-refractivity contribution >= 4 is 37.0 Å². The van der Waals surface area contributed by atoms with E-state index in [0.29, 0.717) is 63.6 Å². The van der Waals surface area contributed by atoms with E-state index in [1.165, 1.54) is 0 Å². The zero-order chi connectivity index (χ0) is 35.4. The summed E-state index contributed by atoms with van der Waals surface area (Å²) in [5, 5.41) is 24.1. The van der Waals surface area contributed by atoms with Crippen molar-refractivity contribution in [1.29, 1.82) is 0 Å². The molecule has 11 nitrogen and oxygen atoms in total. The highest BCUT2D eigenvalue weighted by atomic mass is 16.6. The molecule has 0 aliphatic carbocycles. The van der Waals surface area contributed by atoms with Crippen LogP contribution >= 0.6 is 0 Å². The number of phenolic OH excluding ortho intramolecular Hbond substituents is 1. The van der Waals surface area contributed by atoms with Crippen molar-refractivity contribution in [2.24, 2.45) is 0 Å². The van der Waals surface area contributed by atoms with Gasteiger partial charge in [-0.3, -0.25) is 4.79 Å². The minimum Gasteiger partial charge on any atom is -0.508 e. The first-order valence-electron chi connectivity index (χ1n) is 18.5. The van der Waals surface area contributed by atoms with Crippen molar-refractivity contribution in [3.8, 4) is 5.75 Å². The van der Waals surface area contributed by atoms with Crippen LogP contribution in [0.2, 0.25) is 0 Å². The molecule has 2 radical (unpaired) electrons. The minimum atomic E-state index is -1.05. The lowest BCUT2D eigenvalue weighted by atomic mass is 9.87. The molecule has 3 N–H and O–H groups in total. The summed E-state index contributed by atoms with van der Waals surface area (Å²) in [7, 11) is 6.13. The average molecular weight is 686 g/mol. The second-order valence-corrected chi connectivity index (χ2v) is 14.5. The summed E-state index contributed by atoms with van der Waals surface area (Å²) in [5.74, 6) is -0.186. The summed E-state index contributed by atoms with van der Waals surface area (Å²) >= 11 is 0. The Morgan fingerprint density at radius 3 is 2.30 bits per heavy atom. The quantitative estimate of drug-likeness (QED) is 0.363. The number of amides is 4. The number of nitrogens with zero attached hydrogens (tertiary/aromatic N) is 4. The monoisotopic (exact) mass is 685 g/mol. The molecule has 0 unspecified atom stereocenters. The van der Waals surface area contributed by atoms with Crippen LogP contribution in [-0.2, 0) is 28.8 Å². The van der Waals surface area contributed by atoms with E-state index >= 15 is 0 Å². The van der Waals surface area contributed by atoms with E-state index in [4.69, 9.17) is 12.6 Å². The van der Waals surface area contributed by atoms with Crippen LogP contribution in [0.5, 0.6) is 5.75 Å². The third-order valence-electron chi connectivity index (χ3n) is 11.6. The topological polar surface area (TPSA) is 126 Å².